The molecule has 72 valence electrons. The van der Waals surface area contributed by atoms with Crippen LogP contribution < -0.4 is 5.73 Å². The molecule has 0 saturated carbocycles. The van der Waals surface area contributed by atoms with Gasteiger partial charge in [0, 0.05) is 18.5 Å². The van der Waals surface area contributed by atoms with E-state index in [0.717, 1.165) is 10.9 Å². The minimum atomic E-state index is -0.333. The summed E-state index contributed by atoms with van der Waals surface area (Å²) in [6.45, 7) is 1.31. The Morgan fingerprint density at radius 3 is 2.64 bits per heavy atom. The highest BCUT2D eigenvalue weighted by Gasteiger charge is 1.87. The molecule has 0 bridgehead atoms. The summed E-state index contributed by atoms with van der Waals surface area (Å²) >= 11 is 0. The van der Waals surface area contributed by atoms with E-state index in [2.05, 4.69) is 15.7 Å². The van der Waals surface area contributed by atoms with Gasteiger partial charge >= 0.3 is 0 Å². The fourth-order valence-corrected chi connectivity index (χ4v) is 0.923. The van der Waals surface area contributed by atoms with E-state index in [1.54, 1.807) is 6.33 Å². The smallest absolute Gasteiger partial charge is 0.214 e. The summed E-state index contributed by atoms with van der Waals surface area (Å²) < 4.78 is 0. The van der Waals surface area contributed by atoms with Crippen molar-refractivity contribution in [2.24, 2.45) is 5.73 Å². The number of nitrogens with zero attached hydrogens (tertiary/aromatic N) is 2. The maximum Gasteiger partial charge on any atom is 0.214 e. The van der Waals surface area contributed by atoms with Gasteiger partial charge in [0.05, 0.1) is 5.52 Å². The van der Waals surface area contributed by atoms with Crippen LogP contribution in [0.4, 0.5) is 0 Å². The van der Waals surface area contributed by atoms with Crippen molar-refractivity contribution in [1.82, 2.24) is 9.97 Å². The van der Waals surface area contributed by atoms with Gasteiger partial charge in [-0.05, 0) is 6.07 Å². The van der Waals surface area contributed by atoms with Gasteiger partial charge in [0.25, 0.3) is 0 Å². The minimum Gasteiger partial charge on any atom is -0.370 e. The molecule has 1 aromatic carbocycles. The summed E-state index contributed by atoms with van der Waals surface area (Å²) in [5.41, 5.74) is 5.47. The first-order chi connectivity index (χ1) is 6.70. The van der Waals surface area contributed by atoms with Crippen molar-refractivity contribution in [3.05, 3.63) is 36.8 Å². The first-order valence-corrected chi connectivity index (χ1v) is 4.11. The van der Waals surface area contributed by atoms with Crippen molar-refractivity contribution in [2.45, 2.75) is 6.92 Å². The van der Waals surface area contributed by atoms with Gasteiger partial charge in [-0.2, -0.15) is 0 Å². The van der Waals surface area contributed by atoms with Crippen LogP contribution in [0.1, 0.15) is 6.92 Å². The van der Waals surface area contributed by atoms with E-state index in [0.29, 0.717) is 0 Å². The molecule has 0 radical (unpaired) electrons. The van der Waals surface area contributed by atoms with Crippen LogP contribution in [0.3, 0.4) is 0 Å². The molecule has 0 atom stereocenters. The lowest BCUT2D eigenvalue weighted by Crippen LogP contribution is -2.01. The number of rotatable bonds is 0. The first-order valence-electron chi connectivity index (χ1n) is 4.11. The molecule has 0 aliphatic heterocycles. The van der Waals surface area contributed by atoms with Crippen molar-refractivity contribution in [3.63, 3.8) is 0 Å². The van der Waals surface area contributed by atoms with Crippen LogP contribution in [-0.2, 0) is 4.79 Å². The molecule has 2 N–H and O–H groups in total. The standard InChI is InChI=1S/C8H6N2.C2H5NO/c1-2-4-8-7(3-1)5-9-6-10-8;1-2(3)4/h1-6H;1H3,(H2,3,4). The molecule has 1 aromatic heterocycles. The van der Waals surface area contributed by atoms with Crippen molar-refractivity contribution in [1.29, 1.82) is 0 Å². The average Bonchev–Trinajstić information content (AvgIpc) is 2.17. The molecule has 2 aromatic rings. The number of primary amides is 1. The molecule has 4 nitrogen and oxygen atoms in total. The highest BCUT2D eigenvalue weighted by atomic mass is 16.1. The molecule has 0 fully saturated rings. The fraction of sp³-hybridized carbons (Fsp3) is 0.100. The highest BCUT2D eigenvalue weighted by molar-refractivity contribution is 5.76. The molecule has 0 spiro atoms. The summed E-state index contributed by atoms with van der Waals surface area (Å²) in [6, 6.07) is 7.91. The zero-order chi connectivity index (χ0) is 10.4. The first kappa shape index (κ1) is 10.1. The molecule has 14 heavy (non-hydrogen) atoms. The van der Waals surface area contributed by atoms with Crippen LogP contribution in [0.5, 0.6) is 0 Å². The highest BCUT2D eigenvalue weighted by Crippen LogP contribution is 2.06. The Balaban J connectivity index is 0.000000213. The molecule has 4 heteroatoms. The minimum absolute atomic E-state index is 0.333. The summed E-state index contributed by atoms with van der Waals surface area (Å²) in [7, 11) is 0. The SMILES string of the molecule is CC(N)=O.c1ccc2ncncc2c1. The maximum absolute atomic E-state index is 9.22. The van der Waals surface area contributed by atoms with E-state index in [1.165, 1.54) is 6.92 Å². The quantitative estimate of drug-likeness (QED) is 0.675. The average molecular weight is 189 g/mol. The third kappa shape index (κ3) is 3.18. The third-order valence-corrected chi connectivity index (χ3v) is 1.41. The predicted octanol–water partition coefficient (Wildman–Crippen LogP) is 1.12. The molecule has 0 aliphatic carbocycles. The number of carbonyl (C=O) groups excluding carboxylic acids is 1. The van der Waals surface area contributed by atoms with Gasteiger partial charge in [0.1, 0.15) is 6.33 Å². The van der Waals surface area contributed by atoms with Crippen molar-refractivity contribution >= 4 is 16.8 Å². The number of nitrogens with two attached hydrogens (primary N) is 1. The largest absolute Gasteiger partial charge is 0.370 e. The zero-order valence-electron chi connectivity index (χ0n) is 7.84. The topological polar surface area (TPSA) is 68.9 Å². The van der Waals surface area contributed by atoms with Gasteiger partial charge in [0.15, 0.2) is 0 Å². The van der Waals surface area contributed by atoms with E-state index in [9.17, 15) is 4.79 Å². The molecule has 0 unspecified atom stereocenters. The number of carbonyl (C=O) groups is 1. The van der Waals surface area contributed by atoms with Crippen LogP contribution in [0, 0.1) is 0 Å². The summed E-state index contributed by atoms with van der Waals surface area (Å²) in [4.78, 5) is 17.2. The molecule has 2 rings (SSSR count). The molecular formula is C10H11N3O. The summed E-state index contributed by atoms with van der Waals surface area (Å²) in [6.07, 6.45) is 3.37. The maximum atomic E-state index is 9.22. The van der Waals surface area contributed by atoms with Gasteiger partial charge < -0.3 is 5.73 Å². The van der Waals surface area contributed by atoms with Crippen molar-refractivity contribution < 1.29 is 4.79 Å². The van der Waals surface area contributed by atoms with E-state index < -0.39 is 0 Å². The Kier molecular flexibility index (Phi) is 3.55. The lowest BCUT2D eigenvalue weighted by Gasteiger charge is -1.90. The number of benzene rings is 1. The molecular weight excluding hydrogens is 178 g/mol. The Hall–Kier alpha value is -1.97. The van der Waals surface area contributed by atoms with E-state index >= 15 is 0 Å². The van der Waals surface area contributed by atoms with E-state index in [-0.39, 0.29) is 5.91 Å². The fourth-order valence-electron chi connectivity index (χ4n) is 0.923. The Bertz CT molecular complexity index is 359. The number of hydrogen-bond donors (Lipinski definition) is 1. The van der Waals surface area contributed by atoms with Gasteiger partial charge in [0.2, 0.25) is 5.91 Å². The van der Waals surface area contributed by atoms with Crippen LogP contribution in [-0.4, -0.2) is 15.9 Å². The van der Waals surface area contributed by atoms with Gasteiger partial charge in [-0.15, -0.1) is 0 Å². The molecule has 1 heterocycles. The monoisotopic (exact) mass is 189 g/mol. The Morgan fingerprint density at radius 2 is 2.00 bits per heavy atom. The number of amides is 1. The van der Waals surface area contributed by atoms with E-state index in [1.807, 2.05) is 30.5 Å². The lowest BCUT2D eigenvalue weighted by molar-refractivity contribution is -0.115. The van der Waals surface area contributed by atoms with Crippen LogP contribution >= 0.6 is 0 Å². The van der Waals surface area contributed by atoms with Crippen molar-refractivity contribution in [3.8, 4) is 0 Å². The Morgan fingerprint density at radius 1 is 1.36 bits per heavy atom. The third-order valence-electron chi connectivity index (χ3n) is 1.41. The van der Waals surface area contributed by atoms with Gasteiger partial charge in [-0.1, -0.05) is 18.2 Å². The summed E-state index contributed by atoms with van der Waals surface area (Å²) in [5.74, 6) is -0.333. The van der Waals surface area contributed by atoms with Crippen LogP contribution in [0.15, 0.2) is 36.8 Å². The number of fused-ring (bicyclic) bond motifs is 1. The number of aromatic nitrogens is 2. The lowest BCUT2D eigenvalue weighted by atomic mass is 10.2. The second-order valence-electron chi connectivity index (χ2n) is 2.69. The van der Waals surface area contributed by atoms with Crippen LogP contribution in [0.2, 0.25) is 0 Å². The van der Waals surface area contributed by atoms with Gasteiger partial charge in [-0.3, -0.25) is 4.79 Å². The second kappa shape index (κ2) is 4.91. The Labute approximate surface area is 81.8 Å². The van der Waals surface area contributed by atoms with Crippen molar-refractivity contribution in [2.75, 3.05) is 0 Å². The van der Waals surface area contributed by atoms with E-state index in [4.69, 9.17) is 0 Å². The molecule has 0 saturated heterocycles. The number of hydrogen-bond acceptors (Lipinski definition) is 3. The predicted molar refractivity (Wildman–Crippen MR) is 54.4 cm³/mol. The normalized spacial score (nSPS) is 8.93. The zero-order valence-corrected chi connectivity index (χ0v) is 7.84. The number of para-hydroxylation sites is 1. The second-order valence-corrected chi connectivity index (χ2v) is 2.69. The van der Waals surface area contributed by atoms with Gasteiger partial charge in [-0.25, -0.2) is 9.97 Å². The van der Waals surface area contributed by atoms with Crippen LogP contribution in [0.25, 0.3) is 10.9 Å². The molecule has 0 aliphatic rings. The summed E-state index contributed by atoms with van der Waals surface area (Å²) in [5, 5.41) is 1.09. The molecule has 1 amide bonds.